The van der Waals surface area contributed by atoms with Crippen LogP contribution < -0.4 is 4.74 Å². The second kappa shape index (κ2) is 10.4. The van der Waals surface area contributed by atoms with Crippen molar-refractivity contribution >= 4 is 18.1 Å². The maximum absolute atomic E-state index is 9.86. The Hall–Kier alpha value is -3.63. The molecule has 1 saturated heterocycles. The molecule has 5 heterocycles. The normalized spacial score (nSPS) is 20.4. The number of hydrazone groups is 1. The van der Waals surface area contributed by atoms with Crippen molar-refractivity contribution in [3.63, 3.8) is 0 Å². The van der Waals surface area contributed by atoms with Gasteiger partial charge in [-0.1, -0.05) is 4.68 Å². The molecule has 0 bridgehead atoms. The van der Waals surface area contributed by atoms with Gasteiger partial charge in [-0.3, -0.25) is 4.90 Å². The Morgan fingerprint density at radius 1 is 1.20 bits per heavy atom. The number of hydrogen-bond donors (Lipinski definition) is 1. The Morgan fingerprint density at radius 3 is 2.85 bits per heavy atom. The Labute approximate surface area is 235 Å². The number of fused-ring (bicyclic) bond motifs is 3. The standard InChI is InChI=1S/C30H39N8O2/c1-20(2)38-29(32-21(3)34-38)25-18-35-13-14-40-27-15-23(8-9-24(27)28(35)33-25)26-10-11-31-37(26)17-22-7-6-12-36(16-22)30(4,5)19-39/h8-11,15,17-18,20,22,39H,6-7,12-14,16,19H2,1-5H3/q+1. The van der Waals surface area contributed by atoms with Gasteiger partial charge in [-0.15, -0.1) is 0 Å². The molecule has 0 amide bonds. The number of ether oxygens (including phenoxy) is 1. The van der Waals surface area contributed by atoms with Crippen LogP contribution in [-0.4, -0.2) is 83.3 Å². The molecule has 1 fully saturated rings. The van der Waals surface area contributed by atoms with E-state index in [-0.39, 0.29) is 18.2 Å². The van der Waals surface area contributed by atoms with Gasteiger partial charge in [0.25, 0.3) is 0 Å². The number of aryl methyl sites for hydroxylation is 1. The minimum absolute atomic E-state index is 0.152. The fourth-order valence-corrected chi connectivity index (χ4v) is 5.76. The van der Waals surface area contributed by atoms with Crippen molar-refractivity contribution in [1.29, 1.82) is 0 Å². The lowest BCUT2D eigenvalue weighted by molar-refractivity contribution is -0.430. The molecule has 1 atom stereocenters. The molecule has 10 nitrogen and oxygen atoms in total. The van der Waals surface area contributed by atoms with Gasteiger partial charge >= 0.3 is 0 Å². The van der Waals surface area contributed by atoms with Gasteiger partial charge < -0.3 is 14.4 Å². The summed E-state index contributed by atoms with van der Waals surface area (Å²) < 4.78 is 12.3. The molecule has 0 aliphatic carbocycles. The van der Waals surface area contributed by atoms with E-state index in [0.717, 1.165) is 71.7 Å². The van der Waals surface area contributed by atoms with Crippen LogP contribution in [0.4, 0.5) is 0 Å². The zero-order valence-electron chi connectivity index (χ0n) is 24.1. The third-order valence-corrected chi connectivity index (χ3v) is 8.06. The van der Waals surface area contributed by atoms with Crippen LogP contribution in [0.1, 0.15) is 58.0 Å². The summed E-state index contributed by atoms with van der Waals surface area (Å²) in [6.07, 6.45) is 10.4. The number of hydrogen-bond acceptors (Lipinski definition) is 7. The molecule has 10 heteroatoms. The number of allylic oxidation sites excluding steroid dienone is 1. The number of benzene rings is 1. The van der Waals surface area contributed by atoms with Gasteiger partial charge in [-0.25, -0.2) is 14.6 Å². The van der Waals surface area contributed by atoms with Gasteiger partial charge in [-0.2, -0.15) is 5.10 Å². The molecule has 2 aromatic heterocycles. The Balaban J connectivity index is 1.28. The van der Waals surface area contributed by atoms with Crippen molar-refractivity contribution in [3.05, 3.63) is 41.9 Å². The zero-order chi connectivity index (χ0) is 28.0. The van der Waals surface area contributed by atoms with Crippen LogP contribution in [-0.2, 0) is 6.54 Å². The largest absolute Gasteiger partial charge is 0.491 e. The second-order valence-corrected chi connectivity index (χ2v) is 11.9. The van der Waals surface area contributed by atoms with Crippen molar-refractivity contribution in [1.82, 2.24) is 29.2 Å². The summed E-state index contributed by atoms with van der Waals surface area (Å²) >= 11 is 0. The average molecular weight is 544 g/mol. The Morgan fingerprint density at radius 2 is 2.05 bits per heavy atom. The maximum atomic E-state index is 9.86. The number of rotatable bonds is 6. The van der Waals surface area contributed by atoms with Crippen LogP contribution in [0.2, 0.25) is 0 Å². The second-order valence-electron chi connectivity index (χ2n) is 11.9. The third-order valence-electron chi connectivity index (χ3n) is 8.06. The minimum atomic E-state index is -0.220. The van der Waals surface area contributed by atoms with Gasteiger partial charge in [0.15, 0.2) is 12.0 Å². The molecular formula is C30H39N8O2+. The predicted octanol–water partition coefficient (Wildman–Crippen LogP) is 4.00. The molecule has 40 heavy (non-hydrogen) atoms. The van der Waals surface area contributed by atoms with Crippen molar-refractivity contribution < 1.29 is 14.5 Å². The van der Waals surface area contributed by atoms with Crippen molar-refractivity contribution in [2.45, 2.75) is 65.6 Å². The first-order valence-corrected chi connectivity index (χ1v) is 14.3. The van der Waals surface area contributed by atoms with Crippen molar-refractivity contribution in [3.8, 4) is 28.7 Å². The number of likely N-dealkylation sites (tertiary alicyclic amines) is 1. The van der Waals surface area contributed by atoms with Gasteiger partial charge in [0.2, 0.25) is 5.70 Å². The van der Waals surface area contributed by atoms with Gasteiger partial charge in [0, 0.05) is 30.4 Å². The van der Waals surface area contributed by atoms with Crippen molar-refractivity contribution in [2.24, 2.45) is 11.0 Å². The summed E-state index contributed by atoms with van der Waals surface area (Å²) in [6.45, 7) is 13.7. The lowest BCUT2D eigenvalue weighted by Gasteiger charge is -2.41. The average Bonchev–Trinajstić information content (AvgIpc) is 3.65. The fraction of sp³-hybridized carbons (Fsp3) is 0.500. The predicted molar refractivity (Wildman–Crippen MR) is 156 cm³/mol. The molecule has 3 aromatic rings. The summed E-state index contributed by atoms with van der Waals surface area (Å²) in [5.41, 5.74) is 3.64. The van der Waals surface area contributed by atoms with Gasteiger partial charge in [0.1, 0.15) is 35.9 Å². The molecule has 0 saturated carbocycles. The molecule has 0 radical (unpaired) electrons. The number of aliphatic hydroxyl groups excluding tert-OH is 1. The molecule has 0 spiro atoms. The van der Waals surface area contributed by atoms with Crippen LogP contribution in [0, 0.1) is 12.8 Å². The molecule has 1 N–H and O–H groups in total. The first-order valence-electron chi connectivity index (χ1n) is 14.3. The number of aromatic nitrogens is 5. The first kappa shape index (κ1) is 26.6. The summed E-state index contributed by atoms with van der Waals surface area (Å²) in [4.78, 5) is 12.1. The smallest absolute Gasteiger partial charge is 0.246 e. The SMILES string of the molecule is Cc1nc(-c2cn3c(n2)-c2ccc(C4=CC=N[N+]4=CC4CCCN(C(C)(C)CO)C4)cc2OCC3)n(C(C)C)n1. The first-order chi connectivity index (χ1) is 19.2. The lowest BCUT2D eigenvalue weighted by Crippen LogP contribution is -2.51. The van der Waals surface area contributed by atoms with Crippen LogP contribution in [0.3, 0.4) is 0 Å². The molecule has 210 valence electrons. The van der Waals surface area contributed by atoms with E-state index in [1.807, 2.05) is 28.6 Å². The highest BCUT2D eigenvalue weighted by atomic mass is 16.5. The van der Waals surface area contributed by atoms with Crippen molar-refractivity contribution in [2.75, 3.05) is 26.3 Å². The van der Waals surface area contributed by atoms with E-state index in [4.69, 9.17) is 9.72 Å². The lowest BCUT2D eigenvalue weighted by atomic mass is 9.93. The molecule has 1 aromatic carbocycles. The summed E-state index contributed by atoms with van der Waals surface area (Å²) in [6, 6.07) is 6.51. The minimum Gasteiger partial charge on any atom is -0.491 e. The highest BCUT2D eigenvalue weighted by Gasteiger charge is 2.33. The van der Waals surface area contributed by atoms with E-state index < -0.39 is 0 Å². The van der Waals surface area contributed by atoms with Crippen LogP contribution in [0.15, 0.2) is 35.6 Å². The van der Waals surface area contributed by atoms with Gasteiger partial charge in [0.05, 0.1) is 30.2 Å². The summed E-state index contributed by atoms with van der Waals surface area (Å²) in [7, 11) is 0. The number of nitrogens with zero attached hydrogens (tertiary/aromatic N) is 8. The van der Waals surface area contributed by atoms with Crippen LogP contribution in [0.5, 0.6) is 5.75 Å². The number of aliphatic hydroxyl groups is 1. The monoisotopic (exact) mass is 543 g/mol. The highest BCUT2D eigenvalue weighted by Crippen LogP contribution is 2.36. The quantitative estimate of drug-likeness (QED) is 0.472. The molecule has 6 rings (SSSR count). The van der Waals surface area contributed by atoms with E-state index in [0.29, 0.717) is 19.1 Å². The Kier molecular flexibility index (Phi) is 6.92. The van der Waals surface area contributed by atoms with E-state index >= 15 is 0 Å². The maximum Gasteiger partial charge on any atom is 0.246 e. The summed E-state index contributed by atoms with van der Waals surface area (Å²) in [5.74, 6) is 3.58. The highest BCUT2D eigenvalue weighted by molar-refractivity contribution is 5.86. The topological polar surface area (TPSA) is 96.6 Å². The molecular weight excluding hydrogens is 504 g/mol. The van der Waals surface area contributed by atoms with E-state index in [9.17, 15) is 5.11 Å². The number of piperidine rings is 1. The Bertz CT molecular complexity index is 1510. The molecule has 3 aliphatic rings. The third kappa shape index (κ3) is 4.90. The van der Waals surface area contributed by atoms with Crippen LogP contribution in [0.25, 0.3) is 28.6 Å². The van der Waals surface area contributed by atoms with E-state index in [2.05, 4.69) is 83.0 Å². The number of imidazole rings is 1. The van der Waals surface area contributed by atoms with E-state index in [1.54, 1.807) is 0 Å². The summed E-state index contributed by atoms with van der Waals surface area (Å²) in [5, 5.41) is 19.1. The zero-order valence-corrected chi connectivity index (χ0v) is 24.1. The molecule has 3 aliphatic heterocycles. The van der Waals surface area contributed by atoms with Gasteiger partial charge in [-0.05, 0) is 77.3 Å². The van der Waals surface area contributed by atoms with Crippen LogP contribution >= 0.6 is 0 Å². The molecule has 1 unspecified atom stereocenters. The van der Waals surface area contributed by atoms with E-state index in [1.165, 1.54) is 0 Å². The fourth-order valence-electron chi connectivity index (χ4n) is 5.76.